The molecule has 0 saturated carbocycles. The summed E-state index contributed by atoms with van der Waals surface area (Å²) in [6.45, 7) is 3.96. The second kappa shape index (κ2) is 7.55. The average Bonchev–Trinajstić information content (AvgIpc) is 2.70. The van der Waals surface area contributed by atoms with E-state index in [2.05, 4.69) is 35.5 Å². The molecule has 0 saturated heterocycles. The molecule has 0 fully saturated rings. The molecule has 1 aromatic carbocycles. The van der Waals surface area contributed by atoms with Gasteiger partial charge in [-0.15, -0.1) is 0 Å². The lowest BCUT2D eigenvalue weighted by Crippen LogP contribution is -2.45. The molecular weight excluding hydrogens is 342 g/mol. The molecule has 0 spiro atoms. The monoisotopic (exact) mass is 363 g/mol. The topological polar surface area (TPSA) is 87.6 Å². The van der Waals surface area contributed by atoms with Crippen LogP contribution in [0.3, 0.4) is 0 Å². The molecule has 0 bridgehead atoms. The highest BCUT2D eigenvalue weighted by Gasteiger charge is 2.14. The number of anilines is 1. The number of ether oxygens (including phenoxy) is 1. The molecular formula is C19H21N7O. The first-order valence-corrected chi connectivity index (χ1v) is 8.71. The minimum atomic E-state index is 0.523. The van der Waals surface area contributed by atoms with Crippen LogP contribution >= 0.6 is 0 Å². The van der Waals surface area contributed by atoms with Gasteiger partial charge in [-0.1, -0.05) is 6.07 Å². The van der Waals surface area contributed by atoms with Crippen LogP contribution in [0.15, 0.2) is 47.6 Å². The molecule has 8 heteroatoms. The molecule has 0 unspecified atom stereocenters. The van der Waals surface area contributed by atoms with Crippen molar-refractivity contribution in [1.82, 2.24) is 25.2 Å². The van der Waals surface area contributed by atoms with Crippen molar-refractivity contribution < 1.29 is 4.74 Å². The number of methoxy groups -OCH3 is 1. The van der Waals surface area contributed by atoms with Crippen LogP contribution in [0.25, 0.3) is 10.9 Å². The molecule has 0 radical (unpaired) electrons. The summed E-state index contributed by atoms with van der Waals surface area (Å²) < 4.78 is 5.27. The number of hydrogen-bond donors (Lipinski definition) is 2. The summed E-state index contributed by atoms with van der Waals surface area (Å²) in [6, 6.07) is 11.7. The summed E-state index contributed by atoms with van der Waals surface area (Å²) in [4.78, 5) is 20.1. The van der Waals surface area contributed by atoms with Gasteiger partial charge in [-0.05, 0) is 37.3 Å². The van der Waals surface area contributed by atoms with Crippen molar-refractivity contribution in [3.05, 3.63) is 54.0 Å². The second-order valence-corrected chi connectivity index (χ2v) is 6.27. The van der Waals surface area contributed by atoms with Gasteiger partial charge in [0.1, 0.15) is 5.75 Å². The van der Waals surface area contributed by atoms with Crippen LogP contribution in [-0.4, -0.2) is 46.3 Å². The van der Waals surface area contributed by atoms with Crippen LogP contribution in [0.2, 0.25) is 0 Å². The van der Waals surface area contributed by atoms with E-state index in [1.54, 1.807) is 13.3 Å². The molecule has 4 rings (SSSR count). The first-order chi connectivity index (χ1) is 13.2. The number of benzene rings is 1. The van der Waals surface area contributed by atoms with Crippen molar-refractivity contribution in [2.24, 2.45) is 4.99 Å². The second-order valence-electron chi connectivity index (χ2n) is 6.27. The SMILES string of the molecule is COc1ccc2nc(NC3=NCN(Cc4ccccn4)CN3)nc(C)c2c1. The highest BCUT2D eigenvalue weighted by Crippen LogP contribution is 2.22. The lowest BCUT2D eigenvalue weighted by molar-refractivity contribution is 0.254. The highest BCUT2D eigenvalue weighted by atomic mass is 16.5. The first kappa shape index (κ1) is 17.2. The van der Waals surface area contributed by atoms with Gasteiger partial charge in [0, 0.05) is 18.1 Å². The zero-order valence-electron chi connectivity index (χ0n) is 15.3. The summed E-state index contributed by atoms with van der Waals surface area (Å²) in [5, 5.41) is 7.40. The van der Waals surface area contributed by atoms with Crippen molar-refractivity contribution in [1.29, 1.82) is 0 Å². The Morgan fingerprint density at radius 2 is 2.15 bits per heavy atom. The van der Waals surface area contributed by atoms with Crippen LogP contribution in [0, 0.1) is 6.92 Å². The van der Waals surface area contributed by atoms with Crippen LogP contribution in [0.4, 0.5) is 5.95 Å². The zero-order chi connectivity index (χ0) is 18.6. The van der Waals surface area contributed by atoms with Gasteiger partial charge in [-0.2, -0.15) is 0 Å². The predicted molar refractivity (Wildman–Crippen MR) is 105 cm³/mol. The Kier molecular flexibility index (Phi) is 4.80. The van der Waals surface area contributed by atoms with E-state index >= 15 is 0 Å². The Labute approximate surface area is 157 Å². The molecule has 3 heterocycles. The molecule has 27 heavy (non-hydrogen) atoms. The van der Waals surface area contributed by atoms with E-state index in [1.807, 2.05) is 43.3 Å². The molecule has 2 N–H and O–H groups in total. The molecule has 0 amide bonds. The smallest absolute Gasteiger partial charge is 0.230 e. The fraction of sp³-hybridized carbons (Fsp3) is 0.263. The van der Waals surface area contributed by atoms with Crippen LogP contribution in [-0.2, 0) is 6.54 Å². The van der Waals surface area contributed by atoms with Crippen LogP contribution in [0.1, 0.15) is 11.4 Å². The summed E-state index contributed by atoms with van der Waals surface area (Å²) in [5.74, 6) is 1.98. The largest absolute Gasteiger partial charge is 0.497 e. The maximum atomic E-state index is 5.27. The Balaban J connectivity index is 1.45. The fourth-order valence-corrected chi connectivity index (χ4v) is 2.92. The quantitative estimate of drug-likeness (QED) is 0.734. The summed E-state index contributed by atoms with van der Waals surface area (Å²) >= 11 is 0. The van der Waals surface area contributed by atoms with Gasteiger partial charge >= 0.3 is 0 Å². The van der Waals surface area contributed by atoms with E-state index < -0.39 is 0 Å². The number of nitrogens with zero attached hydrogens (tertiary/aromatic N) is 5. The molecule has 2 aromatic heterocycles. The number of aliphatic imine (C=N–C) groups is 1. The van der Waals surface area contributed by atoms with Gasteiger partial charge in [0.05, 0.1) is 37.4 Å². The summed E-state index contributed by atoms with van der Waals surface area (Å²) in [7, 11) is 1.65. The average molecular weight is 363 g/mol. The van der Waals surface area contributed by atoms with E-state index in [0.29, 0.717) is 25.2 Å². The van der Waals surface area contributed by atoms with Crippen molar-refractivity contribution in [2.75, 3.05) is 25.8 Å². The highest BCUT2D eigenvalue weighted by molar-refractivity contribution is 5.93. The third-order valence-electron chi connectivity index (χ3n) is 4.33. The van der Waals surface area contributed by atoms with Gasteiger partial charge in [0.15, 0.2) is 0 Å². The molecule has 138 valence electrons. The molecule has 0 atom stereocenters. The first-order valence-electron chi connectivity index (χ1n) is 8.71. The normalized spacial score (nSPS) is 14.5. The Bertz CT molecular complexity index is 974. The number of nitrogens with one attached hydrogen (secondary N) is 2. The number of aryl methyl sites for hydroxylation is 1. The van der Waals surface area contributed by atoms with Gasteiger partial charge in [-0.3, -0.25) is 15.2 Å². The standard InChI is InChI=1S/C19H21N7O/c1-13-16-9-15(27-2)6-7-17(16)24-19(23-13)25-18-21-11-26(12-22-18)10-14-5-3-4-8-20-14/h3-9H,10-12H2,1-2H3,(H2,21,22,23,24,25). The van der Waals surface area contributed by atoms with Crippen molar-refractivity contribution in [3.63, 3.8) is 0 Å². The number of hydrogen-bond acceptors (Lipinski definition) is 8. The number of rotatable bonds is 4. The van der Waals surface area contributed by atoms with Gasteiger partial charge < -0.3 is 10.1 Å². The Morgan fingerprint density at radius 3 is 2.89 bits per heavy atom. The van der Waals surface area contributed by atoms with E-state index in [9.17, 15) is 0 Å². The van der Waals surface area contributed by atoms with Crippen molar-refractivity contribution in [2.45, 2.75) is 13.5 Å². The van der Waals surface area contributed by atoms with Gasteiger partial charge in [-0.25, -0.2) is 15.0 Å². The summed E-state index contributed by atoms with van der Waals surface area (Å²) in [5.41, 5.74) is 2.77. The molecule has 8 nitrogen and oxygen atoms in total. The van der Waals surface area contributed by atoms with Gasteiger partial charge in [0.2, 0.25) is 11.9 Å². The van der Waals surface area contributed by atoms with Crippen LogP contribution in [0.5, 0.6) is 5.75 Å². The zero-order valence-corrected chi connectivity index (χ0v) is 15.3. The van der Waals surface area contributed by atoms with Gasteiger partial charge in [0.25, 0.3) is 0 Å². The number of guanidine groups is 1. The lowest BCUT2D eigenvalue weighted by Gasteiger charge is -2.26. The Hall–Kier alpha value is -3.26. The van der Waals surface area contributed by atoms with Crippen molar-refractivity contribution >= 4 is 22.8 Å². The van der Waals surface area contributed by atoms with E-state index in [0.717, 1.165) is 34.6 Å². The minimum absolute atomic E-state index is 0.523. The fourth-order valence-electron chi connectivity index (χ4n) is 2.92. The third-order valence-corrected chi connectivity index (χ3v) is 4.33. The van der Waals surface area contributed by atoms with Crippen molar-refractivity contribution in [3.8, 4) is 5.75 Å². The van der Waals surface area contributed by atoms with E-state index in [4.69, 9.17) is 4.74 Å². The maximum absolute atomic E-state index is 5.27. The maximum Gasteiger partial charge on any atom is 0.230 e. The van der Waals surface area contributed by atoms with E-state index in [1.165, 1.54) is 0 Å². The molecule has 1 aliphatic heterocycles. The lowest BCUT2D eigenvalue weighted by atomic mass is 10.2. The number of pyridine rings is 1. The molecule has 1 aliphatic rings. The van der Waals surface area contributed by atoms with E-state index in [-0.39, 0.29) is 0 Å². The minimum Gasteiger partial charge on any atom is -0.497 e. The Morgan fingerprint density at radius 1 is 1.22 bits per heavy atom. The summed E-state index contributed by atoms with van der Waals surface area (Å²) in [6.07, 6.45) is 1.80. The number of aromatic nitrogens is 3. The predicted octanol–water partition coefficient (Wildman–Crippen LogP) is 2.13. The molecule has 3 aromatic rings. The molecule has 0 aliphatic carbocycles. The third kappa shape index (κ3) is 3.95. The number of fused-ring (bicyclic) bond motifs is 1. The van der Waals surface area contributed by atoms with Crippen LogP contribution < -0.4 is 15.4 Å².